The third-order valence-electron chi connectivity index (χ3n) is 4.45. The Kier molecular flexibility index (Phi) is 5.32. The minimum atomic E-state index is 0.00314. The second-order valence-electron chi connectivity index (χ2n) is 6.55. The molecule has 0 aliphatic carbocycles. The van der Waals surface area contributed by atoms with E-state index < -0.39 is 0 Å². The molecule has 0 aliphatic rings. The van der Waals surface area contributed by atoms with Gasteiger partial charge >= 0.3 is 0 Å². The number of furan rings is 1. The lowest BCUT2D eigenvalue weighted by atomic mass is 10.1. The second kappa shape index (κ2) is 8.20. The van der Waals surface area contributed by atoms with Crippen LogP contribution in [0, 0.1) is 0 Å². The van der Waals surface area contributed by atoms with Crippen molar-refractivity contribution >= 4 is 33.7 Å². The highest BCUT2D eigenvalue weighted by Gasteiger charge is 2.17. The molecule has 1 amide bonds. The number of carbonyl (C=O) groups excluding carboxylic acids is 1. The molecule has 136 valence electrons. The molecule has 5 heteroatoms. The molecule has 2 N–H and O–H groups in total. The fraction of sp³-hybridized carbons (Fsp3) is 0.136. The molecule has 0 saturated carbocycles. The quantitative estimate of drug-likeness (QED) is 0.516. The van der Waals surface area contributed by atoms with Crippen LogP contribution >= 0.6 is 11.3 Å². The van der Waals surface area contributed by atoms with Crippen molar-refractivity contribution in [1.82, 2.24) is 0 Å². The molecule has 0 aliphatic heterocycles. The maximum Gasteiger partial charge on any atom is 0.279 e. The molecule has 4 rings (SSSR count). The Hall–Kier alpha value is -2.89. The van der Waals surface area contributed by atoms with Gasteiger partial charge in [-0.05, 0) is 46.5 Å². The van der Waals surface area contributed by atoms with E-state index in [-0.39, 0.29) is 5.91 Å². The highest BCUT2D eigenvalue weighted by Crippen LogP contribution is 2.18. The monoisotopic (exact) mass is 377 g/mol. The SMILES string of the molecule is O=C(C[NH+](Cc1ccco1)Cc1cccs1)Nc1ccc2ccccc2c1. The molecule has 2 heterocycles. The third kappa shape index (κ3) is 4.64. The average Bonchev–Trinajstić information content (AvgIpc) is 3.36. The molecule has 2 aromatic heterocycles. The Morgan fingerprint density at radius 3 is 2.63 bits per heavy atom. The largest absolute Gasteiger partial charge is 0.463 e. The van der Waals surface area contributed by atoms with E-state index in [9.17, 15) is 4.79 Å². The summed E-state index contributed by atoms with van der Waals surface area (Å²) in [6.07, 6.45) is 1.67. The molecule has 4 nitrogen and oxygen atoms in total. The zero-order chi connectivity index (χ0) is 18.5. The molecule has 2 aromatic carbocycles. The van der Waals surface area contributed by atoms with Crippen LogP contribution in [0.3, 0.4) is 0 Å². The first-order valence-electron chi connectivity index (χ1n) is 8.93. The second-order valence-corrected chi connectivity index (χ2v) is 7.58. The van der Waals surface area contributed by atoms with E-state index in [2.05, 4.69) is 28.9 Å². The summed E-state index contributed by atoms with van der Waals surface area (Å²) in [5.74, 6) is 0.892. The van der Waals surface area contributed by atoms with Crippen LogP contribution in [0.2, 0.25) is 0 Å². The first kappa shape index (κ1) is 17.5. The fourth-order valence-electron chi connectivity index (χ4n) is 3.21. The minimum absolute atomic E-state index is 0.00314. The Labute approximate surface area is 162 Å². The normalized spacial score (nSPS) is 12.1. The van der Waals surface area contributed by atoms with E-state index in [4.69, 9.17) is 4.42 Å². The third-order valence-corrected chi connectivity index (χ3v) is 5.33. The van der Waals surface area contributed by atoms with Gasteiger partial charge in [-0.1, -0.05) is 36.4 Å². The molecule has 1 unspecified atom stereocenters. The number of quaternary nitrogens is 1. The average molecular weight is 377 g/mol. The van der Waals surface area contributed by atoms with Gasteiger partial charge in [-0.3, -0.25) is 4.79 Å². The molecule has 0 bridgehead atoms. The predicted octanol–water partition coefficient (Wildman–Crippen LogP) is 3.72. The molecule has 0 spiro atoms. The van der Waals surface area contributed by atoms with Crippen LogP contribution in [0.15, 0.2) is 82.8 Å². The van der Waals surface area contributed by atoms with Crippen LogP contribution in [-0.4, -0.2) is 12.5 Å². The van der Waals surface area contributed by atoms with Crippen molar-refractivity contribution in [3.63, 3.8) is 0 Å². The lowest BCUT2D eigenvalue weighted by Gasteiger charge is -2.17. The number of nitrogens with one attached hydrogen (secondary N) is 2. The first-order valence-corrected chi connectivity index (χ1v) is 9.81. The van der Waals surface area contributed by atoms with Gasteiger partial charge < -0.3 is 14.6 Å². The molecule has 0 radical (unpaired) electrons. The number of carbonyl (C=O) groups is 1. The van der Waals surface area contributed by atoms with Crippen molar-refractivity contribution in [2.24, 2.45) is 0 Å². The number of rotatable bonds is 7. The zero-order valence-electron chi connectivity index (χ0n) is 14.9. The Balaban J connectivity index is 1.44. The van der Waals surface area contributed by atoms with Crippen molar-refractivity contribution in [2.75, 3.05) is 11.9 Å². The lowest BCUT2D eigenvalue weighted by molar-refractivity contribution is -0.920. The Bertz CT molecular complexity index is 974. The van der Waals surface area contributed by atoms with Crippen LogP contribution in [0.5, 0.6) is 0 Å². The minimum Gasteiger partial charge on any atom is -0.463 e. The van der Waals surface area contributed by atoms with Crippen molar-refractivity contribution in [2.45, 2.75) is 13.1 Å². The van der Waals surface area contributed by atoms with Gasteiger partial charge in [0.25, 0.3) is 5.91 Å². The topological polar surface area (TPSA) is 46.7 Å². The van der Waals surface area contributed by atoms with Gasteiger partial charge in [0.15, 0.2) is 12.3 Å². The Morgan fingerprint density at radius 2 is 1.85 bits per heavy atom. The van der Waals surface area contributed by atoms with Gasteiger partial charge in [0.2, 0.25) is 0 Å². The lowest BCUT2D eigenvalue weighted by Crippen LogP contribution is -3.10. The van der Waals surface area contributed by atoms with Crippen LogP contribution in [-0.2, 0) is 17.9 Å². The number of hydrogen-bond donors (Lipinski definition) is 2. The summed E-state index contributed by atoms with van der Waals surface area (Å²) in [5.41, 5.74) is 0.826. The van der Waals surface area contributed by atoms with E-state index in [1.807, 2.05) is 48.5 Å². The van der Waals surface area contributed by atoms with Gasteiger partial charge in [0, 0.05) is 5.69 Å². The van der Waals surface area contributed by atoms with E-state index in [1.165, 1.54) is 10.3 Å². The van der Waals surface area contributed by atoms with Gasteiger partial charge in [-0.25, -0.2) is 0 Å². The number of thiophene rings is 1. The molecular formula is C22H21N2O2S+. The van der Waals surface area contributed by atoms with Gasteiger partial charge in [0.1, 0.15) is 13.1 Å². The smallest absolute Gasteiger partial charge is 0.279 e. The van der Waals surface area contributed by atoms with Gasteiger partial charge in [-0.15, -0.1) is 11.3 Å². The number of anilines is 1. The summed E-state index contributed by atoms with van der Waals surface area (Å²) < 4.78 is 5.48. The van der Waals surface area contributed by atoms with Crippen molar-refractivity contribution in [3.8, 4) is 0 Å². The van der Waals surface area contributed by atoms with E-state index >= 15 is 0 Å². The fourth-order valence-corrected chi connectivity index (χ4v) is 3.98. The number of hydrogen-bond acceptors (Lipinski definition) is 3. The van der Waals surface area contributed by atoms with Crippen molar-refractivity contribution in [3.05, 3.63) is 89.0 Å². The molecule has 0 fully saturated rings. The summed E-state index contributed by atoms with van der Waals surface area (Å²) in [5, 5.41) is 7.39. The summed E-state index contributed by atoms with van der Waals surface area (Å²) >= 11 is 1.71. The number of fused-ring (bicyclic) bond motifs is 1. The van der Waals surface area contributed by atoms with Crippen molar-refractivity contribution in [1.29, 1.82) is 0 Å². The van der Waals surface area contributed by atoms with Crippen LogP contribution in [0.1, 0.15) is 10.6 Å². The highest BCUT2D eigenvalue weighted by atomic mass is 32.1. The van der Waals surface area contributed by atoms with Gasteiger partial charge in [-0.2, -0.15) is 0 Å². The summed E-state index contributed by atoms with van der Waals surface area (Å²) in [6.45, 7) is 1.85. The molecule has 0 saturated heterocycles. The van der Waals surface area contributed by atoms with E-state index in [0.29, 0.717) is 13.1 Å². The van der Waals surface area contributed by atoms with Crippen molar-refractivity contribution < 1.29 is 14.1 Å². The van der Waals surface area contributed by atoms with E-state index in [0.717, 1.165) is 28.3 Å². The molecular weight excluding hydrogens is 356 g/mol. The number of benzene rings is 2. The van der Waals surface area contributed by atoms with E-state index in [1.54, 1.807) is 17.6 Å². The number of amides is 1. The summed E-state index contributed by atoms with van der Waals surface area (Å²) in [6, 6.07) is 22.1. The van der Waals surface area contributed by atoms with Crippen LogP contribution < -0.4 is 10.2 Å². The maximum absolute atomic E-state index is 12.7. The highest BCUT2D eigenvalue weighted by molar-refractivity contribution is 7.09. The van der Waals surface area contributed by atoms with Crippen LogP contribution in [0.4, 0.5) is 5.69 Å². The summed E-state index contributed by atoms with van der Waals surface area (Å²) in [4.78, 5) is 15.1. The standard InChI is InChI=1S/C22H20N2O2S/c25-22(23-19-10-9-17-5-1-2-6-18(17)13-19)16-24(14-20-7-3-11-26-20)15-21-8-4-12-27-21/h1-13H,14-16H2,(H,23,25)/p+1. The maximum atomic E-state index is 12.7. The Morgan fingerprint density at radius 1 is 0.963 bits per heavy atom. The summed E-state index contributed by atoms with van der Waals surface area (Å²) in [7, 11) is 0. The molecule has 27 heavy (non-hydrogen) atoms. The zero-order valence-corrected chi connectivity index (χ0v) is 15.7. The molecule has 1 atom stereocenters. The van der Waals surface area contributed by atoms with Crippen LogP contribution in [0.25, 0.3) is 10.8 Å². The first-order chi connectivity index (χ1) is 13.3. The predicted molar refractivity (Wildman–Crippen MR) is 109 cm³/mol. The van der Waals surface area contributed by atoms with Gasteiger partial charge in [0.05, 0.1) is 11.1 Å². The molecule has 4 aromatic rings.